The number of nitrogens with one attached hydrogen (secondary N) is 1. The summed E-state index contributed by atoms with van der Waals surface area (Å²) in [6.45, 7) is 5.80. The molecular formula is C30H28F3N2O2Si+. The van der Waals surface area contributed by atoms with Crippen molar-refractivity contribution in [3.05, 3.63) is 125 Å². The second-order valence-electron chi connectivity index (χ2n) is 9.95. The monoisotopic (exact) mass is 533 g/mol. The minimum absolute atomic E-state index is 0.0489. The van der Waals surface area contributed by atoms with E-state index in [0.717, 1.165) is 5.69 Å². The fourth-order valence-corrected chi connectivity index (χ4v) is 5.68. The summed E-state index contributed by atoms with van der Waals surface area (Å²) in [6, 6.07) is 32.3. The van der Waals surface area contributed by atoms with Crippen LogP contribution in [-0.2, 0) is 15.1 Å². The Kier molecular flexibility index (Phi) is 6.62. The van der Waals surface area contributed by atoms with E-state index >= 15 is 0 Å². The molecule has 0 saturated carbocycles. The normalized spacial score (nSPS) is 17.5. The van der Waals surface area contributed by atoms with Gasteiger partial charge in [-0.1, -0.05) is 60.7 Å². The third-order valence-corrected chi connectivity index (χ3v) is 6.85. The lowest BCUT2D eigenvalue weighted by Crippen LogP contribution is -2.61. The maximum Gasteiger partial charge on any atom is 0.456 e. The second kappa shape index (κ2) is 9.77. The molecule has 4 nitrogen and oxygen atoms in total. The summed E-state index contributed by atoms with van der Waals surface area (Å²) in [4.78, 5) is 0. The Morgan fingerprint density at radius 2 is 1.34 bits per heavy atom. The Hall–Kier alpha value is -3.88. The smallest absolute Gasteiger partial charge is 0.400 e. The van der Waals surface area contributed by atoms with E-state index in [1.165, 1.54) is 6.07 Å². The molecule has 0 amide bonds. The Bertz CT molecular complexity index is 1570. The molecule has 1 heterocycles. The average molecular weight is 534 g/mol. The zero-order valence-electron chi connectivity index (χ0n) is 21.3. The summed E-state index contributed by atoms with van der Waals surface area (Å²) in [5, 5.41) is 3.66. The minimum Gasteiger partial charge on any atom is -0.400 e. The van der Waals surface area contributed by atoms with Crippen LogP contribution in [0.15, 0.2) is 109 Å². The van der Waals surface area contributed by atoms with E-state index in [0.29, 0.717) is 22.3 Å². The highest BCUT2D eigenvalue weighted by molar-refractivity contribution is 6.69. The molecule has 0 aromatic heterocycles. The van der Waals surface area contributed by atoms with Gasteiger partial charge in [0.05, 0.1) is 10.9 Å². The van der Waals surface area contributed by atoms with Gasteiger partial charge in [-0.25, -0.2) is 0 Å². The molecule has 4 aromatic rings. The summed E-state index contributed by atoms with van der Waals surface area (Å²) in [5.41, 5.74) is 2.41. The van der Waals surface area contributed by atoms with Gasteiger partial charge in [-0.05, 0) is 50.0 Å². The first kappa shape index (κ1) is 25.8. The number of rotatable bonds is 6. The van der Waals surface area contributed by atoms with Crippen LogP contribution in [0.4, 0.5) is 30.2 Å². The quantitative estimate of drug-likeness (QED) is 0.224. The number of alkyl halides is 3. The number of para-hydroxylation sites is 4. The van der Waals surface area contributed by atoms with E-state index in [4.69, 9.17) is 9.16 Å². The van der Waals surface area contributed by atoms with E-state index in [9.17, 15) is 13.2 Å². The largest absolute Gasteiger partial charge is 0.456 e. The zero-order valence-corrected chi connectivity index (χ0v) is 22.3. The van der Waals surface area contributed by atoms with Gasteiger partial charge in [0.15, 0.2) is 8.32 Å². The Morgan fingerprint density at radius 1 is 0.763 bits per heavy atom. The fraction of sp³-hybridized carbons (Fsp3) is 0.167. The maximum atomic E-state index is 14.6. The number of hydrogen-bond donors (Lipinski definition) is 1. The van der Waals surface area contributed by atoms with E-state index in [-0.39, 0.29) is 5.22 Å². The van der Waals surface area contributed by atoms with Gasteiger partial charge >= 0.3 is 12.1 Å². The molecule has 0 aliphatic carbocycles. The summed E-state index contributed by atoms with van der Waals surface area (Å²) in [7, 11) is -2.57. The summed E-state index contributed by atoms with van der Waals surface area (Å²) in [5.74, 6) is -3.04. The van der Waals surface area contributed by atoms with Gasteiger partial charge in [-0.2, -0.15) is 13.2 Å². The number of ether oxygens (including phenoxy) is 1. The molecule has 0 spiro atoms. The summed E-state index contributed by atoms with van der Waals surface area (Å²) < 4.78 is 58.6. The van der Waals surface area contributed by atoms with Gasteiger partial charge in [0, 0.05) is 23.9 Å². The van der Waals surface area contributed by atoms with Crippen LogP contribution in [0.3, 0.4) is 0 Å². The molecule has 1 atom stereocenters. The Balaban J connectivity index is 1.92. The lowest BCUT2D eigenvalue weighted by atomic mass is 10.1. The first-order chi connectivity index (χ1) is 18.1. The molecule has 4 aromatic carbocycles. The zero-order chi connectivity index (χ0) is 27.0. The Labute approximate surface area is 220 Å². The minimum atomic E-state index is -4.76. The molecule has 38 heavy (non-hydrogen) atoms. The van der Waals surface area contributed by atoms with Crippen molar-refractivity contribution < 1.29 is 22.3 Å². The molecule has 0 saturated heterocycles. The highest BCUT2D eigenvalue weighted by atomic mass is 28.4. The van der Waals surface area contributed by atoms with Gasteiger partial charge in [0.25, 0.3) is 0 Å². The molecule has 0 bridgehead atoms. The van der Waals surface area contributed by atoms with Gasteiger partial charge < -0.3 is 14.5 Å². The van der Waals surface area contributed by atoms with Crippen molar-refractivity contribution in [1.29, 1.82) is 0 Å². The van der Waals surface area contributed by atoms with Crippen LogP contribution >= 0.6 is 0 Å². The summed E-state index contributed by atoms with van der Waals surface area (Å²) in [6.07, 6.45) is -4.76. The lowest BCUT2D eigenvalue weighted by Gasteiger charge is -2.38. The topological polar surface area (TPSA) is 33.5 Å². The van der Waals surface area contributed by atoms with Gasteiger partial charge in [0.1, 0.15) is 5.56 Å². The molecule has 0 fully saturated rings. The Morgan fingerprint density at radius 3 is 2.00 bits per heavy atom. The first-order valence-electron chi connectivity index (χ1n) is 12.3. The molecule has 1 N–H and O–H groups in total. The highest BCUT2D eigenvalue weighted by Crippen LogP contribution is 2.44. The van der Waals surface area contributed by atoms with Crippen molar-refractivity contribution in [3.63, 3.8) is 0 Å². The predicted octanol–water partition coefficient (Wildman–Crippen LogP) is 6.62. The van der Waals surface area contributed by atoms with E-state index in [1.54, 1.807) is 34.9 Å². The average Bonchev–Trinajstić information content (AvgIpc) is 2.88. The SMILES string of the molecule is C[Si](C)(C)OC1(c2ccccc2Nc2ccccc2)OC(C(F)(F)F)=c2ccccc2=[N+]1c1ccccc1. The van der Waals surface area contributed by atoms with Crippen molar-refractivity contribution >= 4 is 31.1 Å². The number of fused-ring (bicyclic) bond motifs is 1. The number of nitrogens with zero attached hydrogens (tertiary/aromatic N) is 1. The molecule has 1 aliphatic heterocycles. The molecular weight excluding hydrogens is 505 g/mol. The standard InChI is InChI=1S/C30H28F3N2O2Si/c1-38(2,3)37-30(25-19-11-12-20-26(25)34-22-14-6-4-7-15-22)35(23-16-8-5-9-17-23)27-21-13-10-18-24(27)28(36-30)29(31,32)33/h4-21,34H,1-3H3/q+1. The first-order valence-corrected chi connectivity index (χ1v) is 15.7. The molecule has 194 valence electrons. The van der Waals surface area contributed by atoms with Crippen molar-refractivity contribution in [2.45, 2.75) is 31.7 Å². The number of hydrogen-bond acceptors (Lipinski definition) is 3. The third kappa shape index (κ3) is 4.97. The molecule has 8 heteroatoms. The summed E-state index contributed by atoms with van der Waals surface area (Å²) >= 11 is 0. The van der Waals surface area contributed by atoms with Crippen molar-refractivity contribution in [3.8, 4) is 0 Å². The molecule has 1 aliphatic rings. The van der Waals surface area contributed by atoms with E-state index < -0.39 is 26.2 Å². The van der Waals surface area contributed by atoms with Crippen molar-refractivity contribution in [1.82, 2.24) is 4.58 Å². The van der Waals surface area contributed by atoms with E-state index in [2.05, 4.69) is 5.32 Å². The van der Waals surface area contributed by atoms with Crippen LogP contribution in [0.2, 0.25) is 19.6 Å². The van der Waals surface area contributed by atoms with Crippen LogP contribution in [0.1, 0.15) is 5.56 Å². The van der Waals surface area contributed by atoms with Crippen LogP contribution in [-0.4, -0.2) is 14.5 Å². The molecule has 0 radical (unpaired) electrons. The van der Waals surface area contributed by atoms with Crippen molar-refractivity contribution in [2.24, 2.45) is 0 Å². The van der Waals surface area contributed by atoms with Crippen LogP contribution < -0.4 is 20.5 Å². The number of benzene rings is 4. The van der Waals surface area contributed by atoms with Crippen LogP contribution in [0, 0.1) is 0 Å². The fourth-order valence-electron chi connectivity index (χ4n) is 4.61. The maximum absolute atomic E-state index is 14.6. The number of anilines is 2. The van der Waals surface area contributed by atoms with Gasteiger partial charge in [-0.15, -0.1) is 4.58 Å². The lowest BCUT2D eigenvalue weighted by molar-refractivity contribution is -0.215. The molecule has 5 rings (SSSR count). The third-order valence-electron chi connectivity index (χ3n) is 5.96. The van der Waals surface area contributed by atoms with Crippen molar-refractivity contribution in [2.75, 3.05) is 5.32 Å². The van der Waals surface area contributed by atoms with Crippen LogP contribution in [0.25, 0.3) is 5.76 Å². The van der Waals surface area contributed by atoms with E-state index in [1.807, 2.05) is 92.4 Å². The molecule has 1 unspecified atom stereocenters. The van der Waals surface area contributed by atoms with Gasteiger partial charge in [-0.3, -0.25) is 0 Å². The highest BCUT2D eigenvalue weighted by Gasteiger charge is 2.59. The predicted molar refractivity (Wildman–Crippen MR) is 146 cm³/mol. The van der Waals surface area contributed by atoms with Crippen LogP contribution in [0.5, 0.6) is 0 Å². The van der Waals surface area contributed by atoms with Gasteiger partial charge in [0.2, 0.25) is 16.8 Å². The second-order valence-corrected chi connectivity index (χ2v) is 14.4. The number of halogens is 3.